The maximum absolute atomic E-state index is 14.3. The molecule has 0 spiro atoms. The fourth-order valence-corrected chi connectivity index (χ4v) is 3.68. The van der Waals surface area contributed by atoms with Crippen molar-refractivity contribution in [2.45, 2.75) is 44.2 Å². The smallest absolute Gasteiger partial charge is 0.243 e. The number of sulfonamides is 1. The van der Waals surface area contributed by atoms with Crippen LogP contribution < -0.4 is 10.0 Å². The van der Waals surface area contributed by atoms with E-state index in [1.165, 1.54) is 6.07 Å². The Balaban J connectivity index is 3.17. The molecule has 20 heavy (non-hydrogen) atoms. The third-order valence-corrected chi connectivity index (χ3v) is 4.62. The van der Waals surface area contributed by atoms with Crippen LogP contribution in [0.3, 0.4) is 0 Å². The summed E-state index contributed by atoms with van der Waals surface area (Å²) in [6.07, 6.45) is 1.53. The van der Waals surface area contributed by atoms with E-state index in [0.29, 0.717) is 6.42 Å². The number of halogens is 2. The molecule has 0 bridgehead atoms. The highest BCUT2D eigenvalue weighted by atomic mass is 35.5. The second-order valence-electron chi connectivity index (χ2n) is 4.72. The Labute approximate surface area is 124 Å². The van der Waals surface area contributed by atoms with Crippen molar-refractivity contribution in [3.63, 3.8) is 0 Å². The van der Waals surface area contributed by atoms with E-state index in [9.17, 15) is 12.8 Å². The average molecular weight is 323 g/mol. The van der Waals surface area contributed by atoms with Crippen LogP contribution >= 0.6 is 11.6 Å². The molecule has 4 nitrogen and oxygen atoms in total. The third kappa shape index (κ3) is 4.41. The summed E-state index contributed by atoms with van der Waals surface area (Å²) in [5.74, 6) is -0.764. The summed E-state index contributed by atoms with van der Waals surface area (Å²) in [4.78, 5) is -0.404. The predicted molar refractivity (Wildman–Crippen MR) is 78.9 cm³/mol. The zero-order valence-electron chi connectivity index (χ0n) is 11.8. The molecule has 1 aromatic rings. The van der Waals surface area contributed by atoms with Gasteiger partial charge in [-0.25, -0.2) is 17.5 Å². The lowest BCUT2D eigenvalue weighted by molar-refractivity contribution is 0.526. The first-order chi connectivity index (χ1) is 9.31. The molecule has 0 heterocycles. The van der Waals surface area contributed by atoms with Gasteiger partial charge in [-0.05, 0) is 32.5 Å². The lowest BCUT2D eigenvalue weighted by Gasteiger charge is -2.15. The standard InChI is InChI=1S/C13H20ClFN2O2S/c1-4-5-9(2)17-20(18,19)12-7-11(14)6-10(8-16-3)13(12)15/h6-7,9,16-17H,4-5,8H2,1-3H3. The van der Waals surface area contributed by atoms with Crippen molar-refractivity contribution in [2.75, 3.05) is 7.05 Å². The van der Waals surface area contributed by atoms with E-state index in [2.05, 4.69) is 10.0 Å². The number of benzene rings is 1. The molecular weight excluding hydrogens is 303 g/mol. The van der Waals surface area contributed by atoms with E-state index >= 15 is 0 Å². The lowest BCUT2D eigenvalue weighted by Crippen LogP contribution is -2.33. The fraction of sp³-hybridized carbons (Fsp3) is 0.538. The molecule has 0 fully saturated rings. The molecule has 2 N–H and O–H groups in total. The summed E-state index contributed by atoms with van der Waals surface area (Å²) in [7, 11) is -2.26. The number of hydrogen-bond donors (Lipinski definition) is 2. The number of nitrogens with one attached hydrogen (secondary N) is 2. The Morgan fingerprint density at radius 3 is 2.60 bits per heavy atom. The van der Waals surface area contributed by atoms with Crippen LogP contribution in [0, 0.1) is 5.82 Å². The highest BCUT2D eigenvalue weighted by Gasteiger charge is 2.23. The molecule has 1 unspecified atom stereocenters. The van der Waals surface area contributed by atoms with Gasteiger partial charge in [0.25, 0.3) is 0 Å². The van der Waals surface area contributed by atoms with Gasteiger partial charge in [0.2, 0.25) is 10.0 Å². The van der Waals surface area contributed by atoms with Gasteiger partial charge in [-0.2, -0.15) is 0 Å². The molecule has 0 amide bonds. The quantitative estimate of drug-likeness (QED) is 0.811. The van der Waals surface area contributed by atoms with Crippen molar-refractivity contribution >= 4 is 21.6 Å². The highest BCUT2D eigenvalue weighted by molar-refractivity contribution is 7.89. The highest BCUT2D eigenvalue weighted by Crippen LogP contribution is 2.24. The van der Waals surface area contributed by atoms with Crippen molar-refractivity contribution in [1.29, 1.82) is 0 Å². The van der Waals surface area contributed by atoms with Crippen molar-refractivity contribution in [3.05, 3.63) is 28.5 Å². The normalized spacial score (nSPS) is 13.4. The van der Waals surface area contributed by atoms with Gasteiger partial charge in [0.1, 0.15) is 10.7 Å². The summed E-state index contributed by atoms with van der Waals surface area (Å²) < 4.78 is 41.2. The van der Waals surface area contributed by atoms with E-state index in [0.717, 1.165) is 12.5 Å². The van der Waals surface area contributed by atoms with Crippen molar-refractivity contribution in [2.24, 2.45) is 0 Å². The molecule has 0 aliphatic heterocycles. The Hall–Kier alpha value is -0.690. The maximum atomic E-state index is 14.3. The molecule has 7 heteroatoms. The van der Waals surface area contributed by atoms with Crippen LogP contribution in [0.5, 0.6) is 0 Å². The van der Waals surface area contributed by atoms with Crippen LogP contribution in [0.4, 0.5) is 4.39 Å². The fourth-order valence-electron chi connectivity index (χ4n) is 1.95. The zero-order valence-corrected chi connectivity index (χ0v) is 13.4. The van der Waals surface area contributed by atoms with Crippen molar-refractivity contribution < 1.29 is 12.8 Å². The minimum Gasteiger partial charge on any atom is -0.316 e. The van der Waals surface area contributed by atoms with Gasteiger partial charge in [0.05, 0.1) is 0 Å². The molecule has 1 aromatic carbocycles. The van der Waals surface area contributed by atoms with E-state index in [1.807, 2.05) is 6.92 Å². The minimum atomic E-state index is -3.91. The molecule has 114 valence electrons. The second kappa shape index (κ2) is 7.36. The van der Waals surface area contributed by atoms with Gasteiger partial charge in [-0.15, -0.1) is 0 Å². The van der Waals surface area contributed by atoms with Gasteiger partial charge < -0.3 is 5.32 Å². The largest absolute Gasteiger partial charge is 0.316 e. The van der Waals surface area contributed by atoms with Crippen LogP contribution in [0.1, 0.15) is 32.3 Å². The maximum Gasteiger partial charge on any atom is 0.243 e. The van der Waals surface area contributed by atoms with Gasteiger partial charge in [0, 0.05) is 23.2 Å². The Kier molecular flexibility index (Phi) is 6.39. The Morgan fingerprint density at radius 2 is 2.05 bits per heavy atom. The van der Waals surface area contributed by atoms with Crippen LogP contribution in [0.2, 0.25) is 5.02 Å². The Bertz CT molecular complexity index is 564. The molecule has 0 saturated carbocycles. The zero-order chi connectivity index (χ0) is 15.3. The molecular formula is C13H20ClFN2O2S. The van der Waals surface area contributed by atoms with Gasteiger partial charge in [-0.1, -0.05) is 24.9 Å². The first kappa shape index (κ1) is 17.4. The van der Waals surface area contributed by atoms with Gasteiger partial charge in [0.15, 0.2) is 0 Å². The number of rotatable bonds is 7. The van der Waals surface area contributed by atoms with Crippen LogP contribution in [0.15, 0.2) is 17.0 Å². The molecule has 0 aliphatic rings. The van der Waals surface area contributed by atoms with E-state index in [1.54, 1.807) is 14.0 Å². The lowest BCUT2D eigenvalue weighted by atomic mass is 10.2. The first-order valence-electron chi connectivity index (χ1n) is 6.46. The SMILES string of the molecule is CCCC(C)NS(=O)(=O)c1cc(Cl)cc(CNC)c1F. The predicted octanol–water partition coefficient (Wildman–Crippen LogP) is 2.67. The minimum absolute atomic E-state index is 0.195. The second-order valence-corrected chi connectivity index (χ2v) is 6.84. The molecule has 0 saturated heterocycles. The first-order valence-corrected chi connectivity index (χ1v) is 8.32. The molecule has 0 aromatic heterocycles. The topological polar surface area (TPSA) is 58.2 Å². The monoisotopic (exact) mass is 322 g/mol. The molecule has 0 radical (unpaired) electrons. The third-order valence-electron chi connectivity index (χ3n) is 2.81. The van der Waals surface area contributed by atoms with E-state index in [-0.39, 0.29) is 23.2 Å². The van der Waals surface area contributed by atoms with Gasteiger partial charge >= 0.3 is 0 Å². The average Bonchev–Trinajstić information content (AvgIpc) is 2.33. The summed E-state index contributed by atoms with van der Waals surface area (Å²) >= 11 is 5.87. The summed E-state index contributed by atoms with van der Waals surface area (Å²) in [5, 5.41) is 2.97. The number of hydrogen-bond acceptors (Lipinski definition) is 3. The van der Waals surface area contributed by atoms with Crippen molar-refractivity contribution in [1.82, 2.24) is 10.0 Å². The van der Waals surface area contributed by atoms with Gasteiger partial charge in [-0.3, -0.25) is 0 Å². The van der Waals surface area contributed by atoms with Crippen LogP contribution in [0.25, 0.3) is 0 Å². The van der Waals surface area contributed by atoms with E-state index < -0.39 is 20.7 Å². The van der Waals surface area contributed by atoms with E-state index in [4.69, 9.17) is 11.6 Å². The molecule has 0 aliphatic carbocycles. The Morgan fingerprint density at radius 1 is 1.40 bits per heavy atom. The molecule has 1 rings (SSSR count). The summed E-state index contributed by atoms with van der Waals surface area (Å²) in [6.45, 7) is 3.91. The van der Waals surface area contributed by atoms with Crippen LogP contribution in [-0.4, -0.2) is 21.5 Å². The summed E-state index contributed by atoms with van der Waals surface area (Å²) in [5.41, 5.74) is 0.225. The van der Waals surface area contributed by atoms with Crippen molar-refractivity contribution in [3.8, 4) is 0 Å². The summed E-state index contributed by atoms with van der Waals surface area (Å²) in [6, 6.07) is 2.30. The van der Waals surface area contributed by atoms with Crippen LogP contribution in [-0.2, 0) is 16.6 Å². The molecule has 1 atom stereocenters.